The Morgan fingerprint density at radius 1 is 1.18 bits per heavy atom. The Hall–Kier alpha value is -2.86. The van der Waals surface area contributed by atoms with Gasteiger partial charge < -0.3 is 11.1 Å². The number of carbonyl (C=O) groups is 1. The van der Waals surface area contributed by atoms with Crippen molar-refractivity contribution in [3.63, 3.8) is 0 Å². The highest BCUT2D eigenvalue weighted by atomic mass is 19.1. The third kappa shape index (κ3) is 3.60. The van der Waals surface area contributed by atoms with Gasteiger partial charge in [-0.05, 0) is 67.0 Å². The second-order valence-corrected chi connectivity index (χ2v) is 7.68. The molecule has 0 saturated heterocycles. The van der Waals surface area contributed by atoms with Crippen LogP contribution >= 0.6 is 0 Å². The summed E-state index contributed by atoms with van der Waals surface area (Å²) in [5, 5.41) is 3.29. The Balaban J connectivity index is 1.66. The number of benzene rings is 1. The van der Waals surface area contributed by atoms with E-state index in [4.69, 9.17) is 5.73 Å². The van der Waals surface area contributed by atoms with E-state index in [1.165, 1.54) is 12.1 Å². The summed E-state index contributed by atoms with van der Waals surface area (Å²) < 4.78 is 14.0. The minimum absolute atomic E-state index is 0.163. The van der Waals surface area contributed by atoms with Crippen LogP contribution in [-0.4, -0.2) is 21.9 Å². The first kappa shape index (κ1) is 18.5. The largest absolute Gasteiger partial charge is 0.328 e. The lowest BCUT2D eigenvalue weighted by Crippen LogP contribution is -2.31. The fourth-order valence-corrected chi connectivity index (χ4v) is 4.29. The molecule has 1 saturated carbocycles. The Labute approximate surface area is 163 Å². The maximum atomic E-state index is 14.0. The van der Waals surface area contributed by atoms with Gasteiger partial charge in [0.05, 0.1) is 23.0 Å². The lowest BCUT2D eigenvalue weighted by molar-refractivity contribution is 0.102. The number of anilines is 1. The monoisotopic (exact) mass is 378 g/mol. The third-order valence-corrected chi connectivity index (χ3v) is 5.48. The molecule has 3 atom stereocenters. The predicted molar refractivity (Wildman–Crippen MR) is 108 cm³/mol. The summed E-state index contributed by atoms with van der Waals surface area (Å²) in [4.78, 5) is 21.4. The number of amides is 1. The molecule has 3 aromatic rings. The van der Waals surface area contributed by atoms with E-state index < -0.39 is 5.82 Å². The summed E-state index contributed by atoms with van der Waals surface area (Å²) >= 11 is 0. The van der Waals surface area contributed by atoms with Gasteiger partial charge in [0.1, 0.15) is 5.82 Å². The average Bonchev–Trinajstić information content (AvgIpc) is 2.68. The van der Waals surface area contributed by atoms with Gasteiger partial charge in [0, 0.05) is 23.8 Å². The predicted octanol–water partition coefficient (Wildman–Crippen LogP) is 4.25. The molecule has 5 nitrogen and oxygen atoms in total. The van der Waals surface area contributed by atoms with E-state index in [1.54, 1.807) is 30.7 Å². The smallest absolute Gasteiger partial charge is 0.257 e. The summed E-state index contributed by atoms with van der Waals surface area (Å²) in [6.45, 7) is 2.21. The lowest BCUT2D eigenvalue weighted by atomic mass is 9.76. The quantitative estimate of drug-likeness (QED) is 0.714. The Morgan fingerprint density at radius 2 is 2.04 bits per heavy atom. The van der Waals surface area contributed by atoms with Crippen LogP contribution < -0.4 is 11.1 Å². The molecule has 28 heavy (non-hydrogen) atoms. The van der Waals surface area contributed by atoms with Crippen molar-refractivity contribution in [3.8, 4) is 0 Å². The maximum Gasteiger partial charge on any atom is 0.257 e. The number of rotatable bonds is 3. The summed E-state index contributed by atoms with van der Waals surface area (Å²) in [7, 11) is 0. The van der Waals surface area contributed by atoms with Gasteiger partial charge in [0.2, 0.25) is 0 Å². The third-order valence-electron chi connectivity index (χ3n) is 5.48. The molecule has 0 unspecified atom stereocenters. The minimum atomic E-state index is -0.396. The number of fused-ring (bicyclic) bond motifs is 1. The molecule has 4 rings (SSSR count). The van der Waals surface area contributed by atoms with Gasteiger partial charge in [-0.1, -0.05) is 6.92 Å². The van der Waals surface area contributed by atoms with Crippen LogP contribution in [0.15, 0.2) is 48.9 Å². The highest BCUT2D eigenvalue weighted by Crippen LogP contribution is 2.38. The highest BCUT2D eigenvalue weighted by molar-refractivity contribution is 6.12. The van der Waals surface area contributed by atoms with Crippen LogP contribution in [0.2, 0.25) is 0 Å². The van der Waals surface area contributed by atoms with E-state index in [0.29, 0.717) is 28.1 Å². The second-order valence-electron chi connectivity index (χ2n) is 7.68. The molecule has 144 valence electrons. The molecule has 0 aliphatic heterocycles. The van der Waals surface area contributed by atoms with Crippen LogP contribution in [0, 0.1) is 11.7 Å². The van der Waals surface area contributed by atoms with Crippen LogP contribution in [0.3, 0.4) is 0 Å². The van der Waals surface area contributed by atoms with Crippen molar-refractivity contribution in [1.29, 1.82) is 0 Å². The number of nitrogens with two attached hydrogens (primary N) is 1. The van der Waals surface area contributed by atoms with Gasteiger partial charge >= 0.3 is 0 Å². The minimum Gasteiger partial charge on any atom is -0.328 e. The molecule has 3 N–H and O–H groups in total. The van der Waals surface area contributed by atoms with Gasteiger partial charge in [-0.15, -0.1) is 0 Å². The van der Waals surface area contributed by atoms with Crippen LogP contribution in [0.25, 0.3) is 10.9 Å². The van der Waals surface area contributed by atoms with Crippen molar-refractivity contribution in [2.45, 2.75) is 38.1 Å². The fourth-order valence-electron chi connectivity index (χ4n) is 4.29. The number of hydrogen-bond donors (Lipinski definition) is 2. The normalized spacial score (nSPS) is 22.2. The number of hydrogen-bond acceptors (Lipinski definition) is 4. The van der Waals surface area contributed by atoms with Crippen LogP contribution in [0.5, 0.6) is 0 Å². The molecule has 2 heterocycles. The highest BCUT2D eigenvalue weighted by Gasteiger charge is 2.27. The zero-order valence-electron chi connectivity index (χ0n) is 15.7. The van der Waals surface area contributed by atoms with Gasteiger partial charge in [-0.2, -0.15) is 0 Å². The molecule has 1 aliphatic rings. The molecule has 1 fully saturated rings. The van der Waals surface area contributed by atoms with Crippen molar-refractivity contribution in [1.82, 2.24) is 9.97 Å². The van der Waals surface area contributed by atoms with E-state index in [9.17, 15) is 9.18 Å². The number of nitrogens with one attached hydrogen (secondary N) is 1. The summed E-state index contributed by atoms with van der Waals surface area (Å²) in [5.74, 6) is 0.0915. The number of nitrogens with zero attached hydrogens (tertiary/aromatic N) is 2. The first-order valence-electron chi connectivity index (χ1n) is 9.57. The van der Waals surface area contributed by atoms with Gasteiger partial charge in [-0.3, -0.25) is 14.8 Å². The van der Waals surface area contributed by atoms with E-state index in [0.717, 1.165) is 24.8 Å². The summed E-state index contributed by atoms with van der Waals surface area (Å²) in [6.07, 6.45) is 7.90. The van der Waals surface area contributed by atoms with E-state index in [2.05, 4.69) is 22.2 Å². The first-order valence-corrected chi connectivity index (χ1v) is 9.57. The topological polar surface area (TPSA) is 80.9 Å². The Kier molecular flexibility index (Phi) is 5.05. The number of carbonyl (C=O) groups excluding carboxylic acids is 1. The first-order chi connectivity index (χ1) is 13.5. The number of halogens is 1. The number of pyridine rings is 2. The molecule has 2 aromatic heterocycles. The molecule has 1 aromatic carbocycles. The standard InChI is InChI=1S/C22H23FN4O/c1-13-9-14(11-15(24)10-13)16-6-8-25-12-20(16)27-22(28)18-4-5-19(23)17-3-2-7-26-21(17)18/h2-8,12-15H,9-11,24H2,1H3,(H,27,28)/t13-,14+,15-/m0/s1. The lowest BCUT2D eigenvalue weighted by Gasteiger charge is -2.32. The van der Waals surface area contributed by atoms with Crippen molar-refractivity contribution in [2.24, 2.45) is 11.7 Å². The second kappa shape index (κ2) is 7.64. The van der Waals surface area contributed by atoms with Crippen molar-refractivity contribution in [2.75, 3.05) is 5.32 Å². The zero-order chi connectivity index (χ0) is 19.7. The van der Waals surface area contributed by atoms with Gasteiger partial charge in [0.15, 0.2) is 0 Å². The van der Waals surface area contributed by atoms with Crippen LogP contribution in [0.4, 0.5) is 10.1 Å². The fraction of sp³-hybridized carbons (Fsp3) is 0.318. The zero-order valence-corrected chi connectivity index (χ0v) is 15.7. The SMILES string of the molecule is C[C@@H]1C[C@H](N)C[C@H](c2ccncc2NC(=O)c2ccc(F)c3cccnc23)C1. The molecule has 6 heteroatoms. The van der Waals surface area contributed by atoms with E-state index in [1.807, 2.05) is 6.07 Å². The van der Waals surface area contributed by atoms with E-state index in [-0.39, 0.29) is 17.9 Å². The maximum absolute atomic E-state index is 14.0. The summed E-state index contributed by atoms with van der Waals surface area (Å²) in [6, 6.07) is 8.15. The number of aromatic nitrogens is 2. The van der Waals surface area contributed by atoms with E-state index >= 15 is 0 Å². The molecular formula is C22H23FN4O. The average molecular weight is 378 g/mol. The Bertz CT molecular complexity index is 1010. The molecule has 1 amide bonds. The van der Waals surface area contributed by atoms with Gasteiger partial charge in [-0.25, -0.2) is 4.39 Å². The van der Waals surface area contributed by atoms with Crippen molar-refractivity contribution >= 4 is 22.5 Å². The molecular weight excluding hydrogens is 355 g/mol. The van der Waals surface area contributed by atoms with Crippen LogP contribution in [0.1, 0.15) is 48.0 Å². The van der Waals surface area contributed by atoms with Crippen LogP contribution in [-0.2, 0) is 0 Å². The van der Waals surface area contributed by atoms with Crippen molar-refractivity contribution < 1.29 is 9.18 Å². The molecule has 1 aliphatic carbocycles. The molecule has 0 spiro atoms. The summed E-state index contributed by atoms with van der Waals surface area (Å²) in [5.41, 5.74) is 8.62. The van der Waals surface area contributed by atoms with Gasteiger partial charge in [0.25, 0.3) is 5.91 Å². The Morgan fingerprint density at radius 3 is 2.86 bits per heavy atom. The molecule has 0 radical (unpaired) electrons. The van der Waals surface area contributed by atoms with Crippen molar-refractivity contribution in [3.05, 3.63) is 65.9 Å². The molecule has 0 bridgehead atoms.